The van der Waals surface area contributed by atoms with Gasteiger partial charge in [-0.25, -0.2) is 0 Å². The average Bonchev–Trinajstić information content (AvgIpc) is 2.77. The van der Waals surface area contributed by atoms with Gasteiger partial charge in [0.1, 0.15) is 12.3 Å². The van der Waals surface area contributed by atoms with Crippen LogP contribution in [-0.4, -0.2) is 42.3 Å². The number of hydrogen-bond acceptors (Lipinski definition) is 5. The van der Waals surface area contributed by atoms with Crippen molar-refractivity contribution in [1.82, 2.24) is 15.5 Å². The van der Waals surface area contributed by atoms with Crippen molar-refractivity contribution >= 4 is 17.5 Å². The second-order valence-corrected chi connectivity index (χ2v) is 3.30. The van der Waals surface area contributed by atoms with Crippen molar-refractivity contribution < 1.29 is 14.3 Å². The Balaban J connectivity index is 2.61. The van der Waals surface area contributed by atoms with Crippen LogP contribution in [0.5, 0.6) is 0 Å². The Kier molecular flexibility index (Phi) is 5.34. The highest BCUT2D eigenvalue weighted by Gasteiger charge is 2.15. The number of hydrogen-bond donors (Lipinski definition) is 3. The summed E-state index contributed by atoms with van der Waals surface area (Å²) in [5, 5.41) is 19.5. The molecule has 0 bridgehead atoms. The second-order valence-electron chi connectivity index (χ2n) is 3.30. The minimum absolute atomic E-state index is 0.110. The highest BCUT2D eigenvalue weighted by molar-refractivity contribution is 6.02. The van der Waals surface area contributed by atoms with Gasteiger partial charge in [-0.3, -0.25) is 14.7 Å². The van der Waals surface area contributed by atoms with Crippen LogP contribution in [0.25, 0.3) is 0 Å². The number of nitrogens with one attached hydrogen (secondary N) is 3. The Bertz CT molecular complexity index is 462. The number of anilines is 1. The monoisotopic (exact) mass is 251 g/mol. The molecule has 96 valence electrons. The van der Waals surface area contributed by atoms with Crippen molar-refractivity contribution in [3.63, 3.8) is 0 Å². The normalized spacial score (nSPS) is 9.56. The summed E-state index contributed by atoms with van der Waals surface area (Å²) in [5.74, 6) is -0.819. The number of H-pyrrole nitrogens is 1. The topological polar surface area (TPSA) is 120 Å². The van der Waals surface area contributed by atoms with Crippen LogP contribution in [0, 0.1) is 11.3 Å². The van der Waals surface area contributed by atoms with E-state index in [1.807, 2.05) is 6.07 Å². The summed E-state index contributed by atoms with van der Waals surface area (Å²) >= 11 is 0. The van der Waals surface area contributed by atoms with E-state index in [0.717, 1.165) is 0 Å². The molecule has 1 aromatic rings. The molecule has 0 unspecified atom stereocenters. The quantitative estimate of drug-likeness (QED) is 0.596. The minimum atomic E-state index is -0.435. The van der Waals surface area contributed by atoms with E-state index in [1.165, 1.54) is 13.3 Å². The van der Waals surface area contributed by atoms with Crippen molar-refractivity contribution in [1.29, 1.82) is 5.26 Å². The standard InChI is InChI=1S/C10H13N5O3/c1-18-6-8(16)14-7-5-13-15-9(7)10(17)12-4-2-3-11/h5H,2,4,6H2,1H3,(H,12,17)(H,13,15)(H,14,16). The van der Waals surface area contributed by atoms with Crippen molar-refractivity contribution in [2.24, 2.45) is 0 Å². The summed E-state index contributed by atoms with van der Waals surface area (Å²) in [6, 6.07) is 1.91. The lowest BCUT2D eigenvalue weighted by molar-refractivity contribution is -0.119. The van der Waals surface area contributed by atoms with E-state index in [9.17, 15) is 9.59 Å². The molecule has 0 aromatic carbocycles. The fourth-order valence-corrected chi connectivity index (χ4v) is 1.19. The molecule has 0 aliphatic heterocycles. The molecular formula is C10H13N5O3. The number of aromatic nitrogens is 2. The van der Waals surface area contributed by atoms with Crippen LogP contribution in [-0.2, 0) is 9.53 Å². The van der Waals surface area contributed by atoms with Gasteiger partial charge in [-0.05, 0) is 0 Å². The summed E-state index contributed by atoms with van der Waals surface area (Å²) in [7, 11) is 1.39. The van der Waals surface area contributed by atoms with E-state index in [1.54, 1.807) is 0 Å². The maximum absolute atomic E-state index is 11.7. The van der Waals surface area contributed by atoms with Gasteiger partial charge in [0.15, 0.2) is 0 Å². The van der Waals surface area contributed by atoms with Crippen LogP contribution >= 0.6 is 0 Å². The SMILES string of the molecule is COCC(=O)Nc1cn[nH]c1C(=O)NCCC#N. The Morgan fingerprint density at radius 3 is 3.06 bits per heavy atom. The molecule has 0 saturated carbocycles. The predicted octanol–water partition coefficient (Wildman–Crippen LogP) is -0.362. The van der Waals surface area contributed by atoms with Gasteiger partial charge in [0.05, 0.1) is 24.4 Å². The molecule has 1 rings (SSSR count). The second kappa shape index (κ2) is 7.03. The van der Waals surface area contributed by atoms with Crippen LogP contribution < -0.4 is 10.6 Å². The molecule has 1 heterocycles. The first kappa shape index (κ1) is 13.7. The van der Waals surface area contributed by atoms with Crippen LogP contribution in [0.1, 0.15) is 16.9 Å². The van der Waals surface area contributed by atoms with Crippen LogP contribution in [0.2, 0.25) is 0 Å². The van der Waals surface area contributed by atoms with Crippen LogP contribution in [0.3, 0.4) is 0 Å². The molecule has 0 radical (unpaired) electrons. The van der Waals surface area contributed by atoms with Crippen LogP contribution in [0.4, 0.5) is 5.69 Å². The van der Waals surface area contributed by atoms with E-state index in [0.29, 0.717) is 0 Å². The Morgan fingerprint density at radius 2 is 2.39 bits per heavy atom. The highest BCUT2D eigenvalue weighted by Crippen LogP contribution is 2.11. The van der Waals surface area contributed by atoms with E-state index in [4.69, 9.17) is 5.26 Å². The molecule has 0 aliphatic rings. The third-order valence-electron chi connectivity index (χ3n) is 1.94. The summed E-state index contributed by atoms with van der Waals surface area (Å²) < 4.78 is 4.65. The van der Waals surface area contributed by atoms with Gasteiger partial charge in [-0.1, -0.05) is 0 Å². The fourth-order valence-electron chi connectivity index (χ4n) is 1.19. The van der Waals surface area contributed by atoms with Crippen molar-refractivity contribution in [3.05, 3.63) is 11.9 Å². The molecule has 0 fully saturated rings. The lowest BCUT2D eigenvalue weighted by atomic mass is 10.3. The Labute approximate surface area is 103 Å². The van der Waals surface area contributed by atoms with E-state index in [2.05, 4.69) is 25.6 Å². The van der Waals surface area contributed by atoms with E-state index < -0.39 is 5.91 Å². The summed E-state index contributed by atoms with van der Waals surface area (Å²) in [4.78, 5) is 23.0. The lowest BCUT2D eigenvalue weighted by Crippen LogP contribution is -2.26. The highest BCUT2D eigenvalue weighted by atomic mass is 16.5. The van der Waals surface area contributed by atoms with Crippen LogP contribution in [0.15, 0.2) is 6.20 Å². The number of aromatic amines is 1. The van der Waals surface area contributed by atoms with Crippen molar-refractivity contribution in [2.75, 3.05) is 25.6 Å². The Morgan fingerprint density at radius 1 is 1.61 bits per heavy atom. The lowest BCUT2D eigenvalue weighted by Gasteiger charge is -2.05. The van der Waals surface area contributed by atoms with Gasteiger partial charge in [0.25, 0.3) is 5.91 Å². The molecule has 18 heavy (non-hydrogen) atoms. The first-order chi connectivity index (χ1) is 8.69. The largest absolute Gasteiger partial charge is 0.375 e. The van der Waals surface area contributed by atoms with Gasteiger partial charge in [-0.2, -0.15) is 10.4 Å². The van der Waals surface area contributed by atoms with Gasteiger partial charge < -0.3 is 15.4 Å². The molecule has 0 atom stereocenters. The number of amides is 2. The van der Waals surface area contributed by atoms with Gasteiger partial charge in [0, 0.05) is 13.7 Å². The van der Waals surface area contributed by atoms with Crippen molar-refractivity contribution in [3.8, 4) is 6.07 Å². The molecule has 0 aliphatic carbocycles. The molecule has 8 nitrogen and oxygen atoms in total. The molecule has 0 saturated heterocycles. The van der Waals surface area contributed by atoms with E-state index in [-0.39, 0.29) is 36.9 Å². The maximum atomic E-state index is 11.7. The molecule has 8 heteroatoms. The van der Waals surface area contributed by atoms with Gasteiger partial charge >= 0.3 is 0 Å². The number of ether oxygens (including phenoxy) is 1. The third kappa shape index (κ3) is 3.88. The smallest absolute Gasteiger partial charge is 0.271 e. The number of methoxy groups -OCH3 is 1. The first-order valence-electron chi connectivity index (χ1n) is 5.16. The zero-order valence-electron chi connectivity index (χ0n) is 9.82. The van der Waals surface area contributed by atoms with Gasteiger partial charge in [-0.15, -0.1) is 0 Å². The zero-order chi connectivity index (χ0) is 13.4. The Hall–Kier alpha value is -2.40. The maximum Gasteiger partial charge on any atom is 0.271 e. The summed E-state index contributed by atoms with van der Waals surface area (Å²) in [6.07, 6.45) is 1.54. The van der Waals surface area contributed by atoms with E-state index >= 15 is 0 Å². The number of carbonyl (C=O) groups excluding carboxylic acids is 2. The number of carbonyl (C=O) groups is 2. The minimum Gasteiger partial charge on any atom is -0.375 e. The molecule has 1 aromatic heterocycles. The number of rotatable bonds is 6. The first-order valence-corrected chi connectivity index (χ1v) is 5.16. The van der Waals surface area contributed by atoms with Crippen molar-refractivity contribution in [2.45, 2.75) is 6.42 Å². The third-order valence-corrected chi connectivity index (χ3v) is 1.94. The fraction of sp³-hybridized carbons (Fsp3) is 0.400. The molecular weight excluding hydrogens is 238 g/mol. The number of nitriles is 1. The predicted molar refractivity (Wildman–Crippen MR) is 61.7 cm³/mol. The number of nitrogens with zero attached hydrogens (tertiary/aromatic N) is 2. The average molecular weight is 251 g/mol. The summed E-state index contributed by atoms with van der Waals surface area (Å²) in [5.41, 5.74) is 0.406. The molecule has 3 N–H and O–H groups in total. The zero-order valence-corrected chi connectivity index (χ0v) is 9.82. The molecule has 2 amide bonds. The summed E-state index contributed by atoms with van der Waals surface area (Å²) in [6.45, 7) is 0.125. The van der Waals surface area contributed by atoms with Gasteiger partial charge in [0.2, 0.25) is 5.91 Å². The molecule has 0 spiro atoms.